The summed E-state index contributed by atoms with van der Waals surface area (Å²) in [5.41, 5.74) is 4.35. The molecule has 4 nitrogen and oxygen atoms in total. The van der Waals surface area contributed by atoms with Gasteiger partial charge in [0.2, 0.25) is 5.91 Å². The van der Waals surface area contributed by atoms with Gasteiger partial charge in [-0.1, -0.05) is 24.3 Å². The minimum atomic E-state index is -0.0276. The summed E-state index contributed by atoms with van der Waals surface area (Å²) in [4.78, 5) is 12.1. The molecule has 1 N–H and O–H groups in total. The minimum absolute atomic E-state index is 0.0276. The molecule has 2 rings (SSSR count). The Hall–Kier alpha value is -2.10. The van der Waals surface area contributed by atoms with E-state index in [9.17, 15) is 4.79 Å². The standard InChI is InChI=1S/C16H21N3O/c1-11-7-5-6-8-14(11)9-16(20)18-12(2)15-10-17-19(4)13(15)3/h5-8,10,12H,9H2,1-4H3,(H,18,20). The highest BCUT2D eigenvalue weighted by Crippen LogP contribution is 2.16. The largest absolute Gasteiger partial charge is 0.349 e. The summed E-state index contributed by atoms with van der Waals surface area (Å²) in [5.74, 6) is 0.0371. The van der Waals surface area contributed by atoms with Crippen LogP contribution in [0.15, 0.2) is 30.5 Å². The number of rotatable bonds is 4. The fraction of sp³-hybridized carbons (Fsp3) is 0.375. The lowest BCUT2D eigenvalue weighted by Gasteiger charge is -2.14. The third-order valence-electron chi connectivity index (χ3n) is 3.73. The molecule has 0 bridgehead atoms. The minimum Gasteiger partial charge on any atom is -0.349 e. The number of hydrogen-bond donors (Lipinski definition) is 1. The van der Waals surface area contributed by atoms with E-state index in [0.717, 1.165) is 22.4 Å². The highest BCUT2D eigenvalue weighted by molar-refractivity contribution is 5.79. The van der Waals surface area contributed by atoms with Crippen LogP contribution in [-0.4, -0.2) is 15.7 Å². The van der Waals surface area contributed by atoms with Gasteiger partial charge in [-0.25, -0.2) is 0 Å². The van der Waals surface area contributed by atoms with Crippen LogP contribution in [0, 0.1) is 13.8 Å². The van der Waals surface area contributed by atoms with Gasteiger partial charge >= 0.3 is 0 Å². The van der Waals surface area contributed by atoms with Crippen LogP contribution in [0.4, 0.5) is 0 Å². The Labute approximate surface area is 119 Å². The van der Waals surface area contributed by atoms with E-state index in [1.54, 1.807) is 0 Å². The molecule has 0 aliphatic heterocycles. The molecule has 1 aromatic heterocycles. The first kappa shape index (κ1) is 14.3. The van der Waals surface area contributed by atoms with Gasteiger partial charge < -0.3 is 5.32 Å². The van der Waals surface area contributed by atoms with Gasteiger partial charge in [0.25, 0.3) is 0 Å². The lowest BCUT2D eigenvalue weighted by atomic mass is 10.0. The van der Waals surface area contributed by atoms with E-state index in [1.165, 1.54) is 0 Å². The first-order valence-corrected chi connectivity index (χ1v) is 6.81. The van der Waals surface area contributed by atoms with Crippen LogP contribution in [0.2, 0.25) is 0 Å². The molecule has 0 saturated heterocycles. The SMILES string of the molecule is Cc1ccccc1CC(=O)NC(C)c1cnn(C)c1C. The predicted octanol–water partition coefficient (Wildman–Crippen LogP) is 2.46. The molecule has 0 aliphatic carbocycles. The van der Waals surface area contributed by atoms with Gasteiger partial charge in [-0.15, -0.1) is 0 Å². The van der Waals surface area contributed by atoms with Crippen LogP contribution in [-0.2, 0) is 18.3 Å². The number of nitrogens with zero attached hydrogens (tertiary/aromatic N) is 2. The third-order valence-corrected chi connectivity index (χ3v) is 3.73. The number of amides is 1. The van der Waals surface area contributed by atoms with E-state index in [1.807, 2.05) is 63.0 Å². The van der Waals surface area contributed by atoms with Crippen LogP contribution in [0.25, 0.3) is 0 Å². The van der Waals surface area contributed by atoms with Gasteiger partial charge in [0.1, 0.15) is 0 Å². The van der Waals surface area contributed by atoms with E-state index in [4.69, 9.17) is 0 Å². The molecule has 0 radical (unpaired) electrons. The smallest absolute Gasteiger partial charge is 0.224 e. The second-order valence-electron chi connectivity index (χ2n) is 5.20. The molecule has 2 aromatic rings. The Morgan fingerprint density at radius 2 is 2.05 bits per heavy atom. The Balaban J connectivity index is 2.02. The maximum atomic E-state index is 12.1. The molecule has 0 saturated carbocycles. The number of carbonyl (C=O) groups is 1. The summed E-state index contributed by atoms with van der Waals surface area (Å²) in [6.07, 6.45) is 2.23. The third kappa shape index (κ3) is 3.07. The van der Waals surface area contributed by atoms with Crippen molar-refractivity contribution in [3.63, 3.8) is 0 Å². The zero-order valence-electron chi connectivity index (χ0n) is 12.5. The van der Waals surface area contributed by atoms with Crippen LogP contribution in [0.1, 0.15) is 35.3 Å². The zero-order valence-corrected chi connectivity index (χ0v) is 12.5. The van der Waals surface area contributed by atoms with E-state index >= 15 is 0 Å². The van der Waals surface area contributed by atoms with Crippen molar-refractivity contribution in [1.29, 1.82) is 0 Å². The topological polar surface area (TPSA) is 46.9 Å². The molecule has 0 fully saturated rings. The van der Waals surface area contributed by atoms with Gasteiger partial charge in [-0.3, -0.25) is 9.48 Å². The van der Waals surface area contributed by atoms with E-state index in [-0.39, 0.29) is 11.9 Å². The van der Waals surface area contributed by atoms with Crippen molar-refractivity contribution in [1.82, 2.24) is 15.1 Å². The zero-order chi connectivity index (χ0) is 14.7. The highest BCUT2D eigenvalue weighted by Gasteiger charge is 2.15. The average molecular weight is 271 g/mol. The Bertz CT molecular complexity index is 616. The molecule has 4 heteroatoms. The fourth-order valence-electron chi connectivity index (χ4n) is 2.29. The van der Waals surface area contributed by atoms with Gasteiger partial charge in [0, 0.05) is 18.3 Å². The number of aromatic nitrogens is 2. The lowest BCUT2D eigenvalue weighted by Crippen LogP contribution is -2.28. The summed E-state index contributed by atoms with van der Waals surface area (Å²) >= 11 is 0. The van der Waals surface area contributed by atoms with Gasteiger partial charge in [-0.05, 0) is 31.9 Å². The van der Waals surface area contributed by atoms with Crippen molar-refractivity contribution in [3.8, 4) is 0 Å². The molecule has 20 heavy (non-hydrogen) atoms. The van der Waals surface area contributed by atoms with E-state index in [0.29, 0.717) is 6.42 Å². The van der Waals surface area contributed by atoms with Crippen molar-refractivity contribution in [2.45, 2.75) is 33.2 Å². The Morgan fingerprint density at radius 1 is 1.35 bits per heavy atom. The second-order valence-corrected chi connectivity index (χ2v) is 5.20. The van der Waals surface area contributed by atoms with Crippen LogP contribution in [0.3, 0.4) is 0 Å². The molecule has 1 aromatic carbocycles. The molecular formula is C16H21N3O. The monoisotopic (exact) mass is 271 g/mol. The number of nitrogens with one attached hydrogen (secondary N) is 1. The Kier molecular flexibility index (Phi) is 4.23. The normalized spacial score (nSPS) is 12.2. The van der Waals surface area contributed by atoms with Gasteiger partial charge in [0.15, 0.2) is 0 Å². The summed E-state index contributed by atoms with van der Waals surface area (Å²) in [6.45, 7) is 6.02. The van der Waals surface area contributed by atoms with Crippen LogP contribution >= 0.6 is 0 Å². The van der Waals surface area contributed by atoms with Crippen molar-refractivity contribution in [3.05, 3.63) is 52.8 Å². The second kappa shape index (κ2) is 5.90. The van der Waals surface area contributed by atoms with Crippen LogP contribution in [0.5, 0.6) is 0 Å². The van der Waals surface area contributed by atoms with Gasteiger partial charge in [0.05, 0.1) is 18.7 Å². The number of carbonyl (C=O) groups excluding carboxylic acids is 1. The summed E-state index contributed by atoms with van der Waals surface area (Å²) in [6, 6.07) is 7.94. The number of hydrogen-bond acceptors (Lipinski definition) is 2. The first-order chi connectivity index (χ1) is 9.49. The fourth-order valence-corrected chi connectivity index (χ4v) is 2.29. The molecule has 1 heterocycles. The quantitative estimate of drug-likeness (QED) is 0.928. The van der Waals surface area contributed by atoms with E-state index in [2.05, 4.69) is 10.4 Å². The molecule has 1 amide bonds. The highest BCUT2D eigenvalue weighted by atomic mass is 16.1. The molecule has 0 aliphatic rings. The average Bonchev–Trinajstić information content (AvgIpc) is 2.73. The summed E-state index contributed by atoms with van der Waals surface area (Å²) in [7, 11) is 1.90. The maximum absolute atomic E-state index is 12.1. The Morgan fingerprint density at radius 3 is 2.65 bits per heavy atom. The van der Waals surface area contributed by atoms with Gasteiger partial charge in [-0.2, -0.15) is 5.10 Å². The van der Waals surface area contributed by atoms with Crippen LogP contribution < -0.4 is 5.32 Å². The van der Waals surface area contributed by atoms with Crippen molar-refractivity contribution in [2.24, 2.45) is 7.05 Å². The maximum Gasteiger partial charge on any atom is 0.224 e. The molecule has 1 atom stereocenters. The molecule has 0 spiro atoms. The van der Waals surface area contributed by atoms with E-state index < -0.39 is 0 Å². The molecule has 1 unspecified atom stereocenters. The first-order valence-electron chi connectivity index (χ1n) is 6.81. The summed E-state index contributed by atoms with van der Waals surface area (Å²) < 4.78 is 1.82. The number of aryl methyl sites for hydroxylation is 2. The van der Waals surface area contributed by atoms with Crippen molar-refractivity contribution < 1.29 is 4.79 Å². The molecular weight excluding hydrogens is 250 g/mol. The lowest BCUT2D eigenvalue weighted by molar-refractivity contribution is -0.121. The predicted molar refractivity (Wildman–Crippen MR) is 79.4 cm³/mol. The summed E-state index contributed by atoms with van der Waals surface area (Å²) in [5, 5.41) is 7.24. The number of benzene rings is 1. The van der Waals surface area contributed by atoms with Crippen molar-refractivity contribution >= 4 is 5.91 Å². The molecule has 106 valence electrons. The van der Waals surface area contributed by atoms with Crippen molar-refractivity contribution in [2.75, 3.05) is 0 Å².